The number of fused-ring (bicyclic) bond motifs is 1. The maximum Gasteiger partial charge on any atom is 0.253 e. The van der Waals surface area contributed by atoms with Crippen molar-refractivity contribution >= 4 is 5.91 Å². The molecule has 1 saturated carbocycles. The summed E-state index contributed by atoms with van der Waals surface area (Å²) in [5.74, 6) is 0.871. The number of nitrogens with zero attached hydrogens (tertiary/aromatic N) is 1. The molecule has 1 aromatic rings. The first-order valence-electron chi connectivity index (χ1n) is 5.10. The van der Waals surface area contributed by atoms with Gasteiger partial charge in [0.05, 0.1) is 17.8 Å². The van der Waals surface area contributed by atoms with E-state index in [4.69, 9.17) is 0 Å². The van der Waals surface area contributed by atoms with Crippen molar-refractivity contribution < 1.29 is 4.79 Å². The number of pyridine rings is 1. The largest absolute Gasteiger partial charge is 0.346 e. The second-order valence-electron chi connectivity index (χ2n) is 4.13. The van der Waals surface area contributed by atoms with Crippen molar-refractivity contribution in [1.29, 1.82) is 0 Å². The highest BCUT2D eigenvalue weighted by molar-refractivity contribution is 5.97. The van der Waals surface area contributed by atoms with Crippen LogP contribution >= 0.6 is 0 Å². The van der Waals surface area contributed by atoms with Crippen molar-refractivity contribution in [2.24, 2.45) is 5.92 Å². The minimum Gasteiger partial charge on any atom is -0.346 e. The van der Waals surface area contributed by atoms with E-state index < -0.39 is 0 Å². The maximum absolute atomic E-state index is 11.3. The van der Waals surface area contributed by atoms with Gasteiger partial charge >= 0.3 is 0 Å². The highest BCUT2D eigenvalue weighted by Gasteiger charge is 2.24. The van der Waals surface area contributed by atoms with E-state index in [1.807, 2.05) is 12.1 Å². The second-order valence-corrected chi connectivity index (χ2v) is 4.13. The van der Waals surface area contributed by atoms with Gasteiger partial charge in [-0.2, -0.15) is 0 Å². The van der Waals surface area contributed by atoms with E-state index in [0.717, 1.165) is 29.3 Å². The van der Waals surface area contributed by atoms with E-state index in [-0.39, 0.29) is 5.91 Å². The normalized spacial score (nSPS) is 19.3. The molecular formula is C11H12N2O. The van der Waals surface area contributed by atoms with Gasteiger partial charge in [-0.05, 0) is 37.3 Å². The molecule has 1 aliphatic carbocycles. The lowest BCUT2D eigenvalue weighted by atomic mass is 10.1. The minimum absolute atomic E-state index is 0.0190. The van der Waals surface area contributed by atoms with E-state index in [1.54, 1.807) is 0 Å². The Morgan fingerprint density at radius 3 is 3.07 bits per heavy atom. The fourth-order valence-corrected chi connectivity index (χ4v) is 1.88. The number of carbonyl (C=O) groups is 1. The molecule has 2 heterocycles. The molecule has 0 spiro atoms. The number of aromatic nitrogens is 1. The smallest absolute Gasteiger partial charge is 0.253 e. The summed E-state index contributed by atoms with van der Waals surface area (Å²) in [4.78, 5) is 15.8. The van der Waals surface area contributed by atoms with Crippen LogP contribution in [0.2, 0.25) is 0 Å². The summed E-state index contributed by atoms with van der Waals surface area (Å²) in [5, 5.41) is 2.78. The van der Waals surface area contributed by atoms with Crippen molar-refractivity contribution in [3.8, 4) is 0 Å². The average molecular weight is 188 g/mol. The molecule has 0 bridgehead atoms. The lowest BCUT2D eigenvalue weighted by Gasteiger charge is -2.00. The zero-order valence-corrected chi connectivity index (χ0v) is 7.92. The van der Waals surface area contributed by atoms with E-state index >= 15 is 0 Å². The van der Waals surface area contributed by atoms with E-state index in [0.29, 0.717) is 6.54 Å². The fourth-order valence-electron chi connectivity index (χ4n) is 1.88. The van der Waals surface area contributed by atoms with Gasteiger partial charge in [-0.25, -0.2) is 0 Å². The van der Waals surface area contributed by atoms with Crippen LogP contribution in [-0.4, -0.2) is 10.9 Å². The van der Waals surface area contributed by atoms with E-state index in [9.17, 15) is 4.79 Å². The molecule has 3 nitrogen and oxygen atoms in total. The Balaban J connectivity index is 1.90. The summed E-state index contributed by atoms with van der Waals surface area (Å²) >= 11 is 0. The van der Waals surface area contributed by atoms with Gasteiger partial charge in [-0.1, -0.05) is 0 Å². The van der Waals surface area contributed by atoms with Gasteiger partial charge in [-0.15, -0.1) is 0 Å². The molecule has 3 heteroatoms. The number of hydrogen-bond acceptors (Lipinski definition) is 2. The lowest BCUT2D eigenvalue weighted by Crippen LogP contribution is -2.12. The summed E-state index contributed by atoms with van der Waals surface area (Å²) in [6, 6.07) is 3.89. The van der Waals surface area contributed by atoms with Crippen LogP contribution in [0.15, 0.2) is 12.1 Å². The van der Waals surface area contributed by atoms with Gasteiger partial charge in [0, 0.05) is 5.69 Å². The van der Waals surface area contributed by atoms with Crippen LogP contribution in [0.3, 0.4) is 0 Å². The number of carbonyl (C=O) groups excluding carboxylic acids is 1. The van der Waals surface area contributed by atoms with Crippen LogP contribution in [0.5, 0.6) is 0 Å². The van der Waals surface area contributed by atoms with Crippen molar-refractivity contribution in [3.63, 3.8) is 0 Å². The molecule has 72 valence electrons. The molecule has 0 radical (unpaired) electrons. The maximum atomic E-state index is 11.3. The minimum atomic E-state index is 0.0190. The Morgan fingerprint density at radius 2 is 2.29 bits per heavy atom. The predicted octanol–water partition coefficient (Wildman–Crippen LogP) is 1.28. The molecule has 14 heavy (non-hydrogen) atoms. The first-order valence-corrected chi connectivity index (χ1v) is 5.10. The van der Waals surface area contributed by atoms with Crippen molar-refractivity contribution in [2.45, 2.75) is 25.8 Å². The van der Waals surface area contributed by atoms with Crippen molar-refractivity contribution in [2.75, 3.05) is 0 Å². The third kappa shape index (κ3) is 1.29. The SMILES string of the molecule is O=C1NCc2nc(CC3CC3)ccc21. The summed E-state index contributed by atoms with van der Waals surface area (Å²) in [5.41, 5.74) is 2.82. The fraction of sp³-hybridized carbons (Fsp3) is 0.455. The highest BCUT2D eigenvalue weighted by Crippen LogP contribution is 2.32. The van der Waals surface area contributed by atoms with Gasteiger partial charge < -0.3 is 5.32 Å². The molecule has 1 N–H and O–H groups in total. The lowest BCUT2D eigenvalue weighted by molar-refractivity contribution is 0.0966. The first-order chi connectivity index (χ1) is 6.83. The molecule has 1 aliphatic heterocycles. The van der Waals surface area contributed by atoms with Gasteiger partial charge in [0.25, 0.3) is 5.91 Å². The topological polar surface area (TPSA) is 42.0 Å². The summed E-state index contributed by atoms with van der Waals surface area (Å²) in [6.45, 7) is 0.604. The third-order valence-electron chi connectivity index (χ3n) is 2.89. The zero-order chi connectivity index (χ0) is 9.54. The van der Waals surface area contributed by atoms with Gasteiger partial charge in [-0.3, -0.25) is 9.78 Å². The Morgan fingerprint density at radius 1 is 1.43 bits per heavy atom. The molecule has 1 aromatic heterocycles. The van der Waals surface area contributed by atoms with Crippen LogP contribution in [-0.2, 0) is 13.0 Å². The van der Waals surface area contributed by atoms with Crippen LogP contribution in [0.1, 0.15) is 34.6 Å². The molecule has 3 rings (SSSR count). The van der Waals surface area contributed by atoms with E-state index in [1.165, 1.54) is 12.8 Å². The molecule has 1 amide bonds. The van der Waals surface area contributed by atoms with Crippen LogP contribution in [0, 0.1) is 5.92 Å². The average Bonchev–Trinajstić information content (AvgIpc) is 2.92. The first kappa shape index (κ1) is 7.97. The van der Waals surface area contributed by atoms with Crippen molar-refractivity contribution in [1.82, 2.24) is 10.3 Å². The Kier molecular flexibility index (Phi) is 1.60. The predicted molar refractivity (Wildman–Crippen MR) is 51.8 cm³/mol. The quantitative estimate of drug-likeness (QED) is 0.759. The molecular weight excluding hydrogens is 176 g/mol. The van der Waals surface area contributed by atoms with Crippen molar-refractivity contribution in [3.05, 3.63) is 29.1 Å². The number of amides is 1. The number of nitrogens with one attached hydrogen (secondary N) is 1. The molecule has 0 atom stereocenters. The number of rotatable bonds is 2. The monoisotopic (exact) mass is 188 g/mol. The Labute approximate surface area is 82.5 Å². The third-order valence-corrected chi connectivity index (χ3v) is 2.89. The summed E-state index contributed by atoms with van der Waals surface area (Å²) in [6.07, 6.45) is 3.77. The Bertz CT molecular complexity index is 396. The highest BCUT2D eigenvalue weighted by atomic mass is 16.1. The molecule has 2 aliphatic rings. The Hall–Kier alpha value is -1.38. The van der Waals surface area contributed by atoms with E-state index in [2.05, 4.69) is 10.3 Å². The molecule has 0 aromatic carbocycles. The van der Waals surface area contributed by atoms with Gasteiger partial charge in [0.1, 0.15) is 0 Å². The second kappa shape index (κ2) is 2.80. The van der Waals surface area contributed by atoms with Gasteiger partial charge in [0.2, 0.25) is 0 Å². The standard InChI is InChI=1S/C11H12N2O/c14-11-9-4-3-8(5-7-1-2-7)13-10(9)6-12-11/h3-4,7H,1-2,5-6H2,(H,12,14). The summed E-state index contributed by atoms with van der Waals surface area (Å²) < 4.78 is 0. The van der Waals surface area contributed by atoms with Gasteiger partial charge in [0.15, 0.2) is 0 Å². The van der Waals surface area contributed by atoms with Crippen LogP contribution in [0.4, 0.5) is 0 Å². The molecule has 0 saturated heterocycles. The van der Waals surface area contributed by atoms with Crippen LogP contribution in [0.25, 0.3) is 0 Å². The zero-order valence-electron chi connectivity index (χ0n) is 7.92. The van der Waals surface area contributed by atoms with Crippen LogP contribution < -0.4 is 5.32 Å². The summed E-state index contributed by atoms with van der Waals surface area (Å²) in [7, 11) is 0. The number of hydrogen-bond donors (Lipinski definition) is 1. The molecule has 1 fully saturated rings. The molecule has 0 unspecified atom stereocenters.